The Kier molecular flexibility index (Phi) is 6.94. The molecule has 0 unspecified atom stereocenters. The highest BCUT2D eigenvalue weighted by Gasteiger charge is 2.36. The van der Waals surface area contributed by atoms with Crippen LogP contribution in [0.15, 0.2) is 65.4 Å². The van der Waals surface area contributed by atoms with Gasteiger partial charge in [-0.25, -0.2) is 4.79 Å². The number of fused-ring (bicyclic) bond motifs is 2. The minimum Gasteiger partial charge on any atom is -0.463 e. The Balaban J connectivity index is 1.30. The number of nitrogens with zero attached hydrogens (tertiary/aromatic N) is 3. The van der Waals surface area contributed by atoms with Crippen molar-refractivity contribution in [3.8, 4) is 11.5 Å². The molecule has 2 aliphatic rings. The van der Waals surface area contributed by atoms with Crippen molar-refractivity contribution < 1.29 is 23.5 Å². The van der Waals surface area contributed by atoms with Gasteiger partial charge in [-0.15, -0.1) is 0 Å². The Labute approximate surface area is 236 Å². The van der Waals surface area contributed by atoms with Gasteiger partial charge >= 0.3 is 5.97 Å². The summed E-state index contributed by atoms with van der Waals surface area (Å²) in [5.41, 5.74) is 3.67. The zero-order valence-electron chi connectivity index (χ0n) is 22.2. The molecule has 8 nitrogen and oxygen atoms in total. The topological polar surface area (TPSA) is 85.1 Å². The molecule has 0 saturated heterocycles. The normalized spacial score (nSPS) is 15.0. The molecule has 0 radical (unpaired) electrons. The predicted octanol–water partition coefficient (Wildman–Crippen LogP) is 6.79. The van der Waals surface area contributed by atoms with E-state index in [2.05, 4.69) is 16.0 Å². The summed E-state index contributed by atoms with van der Waals surface area (Å²) < 4.78 is 17.1. The number of amides is 1. The van der Waals surface area contributed by atoms with E-state index in [1.807, 2.05) is 25.1 Å². The maximum atomic E-state index is 13.9. The van der Waals surface area contributed by atoms with Crippen molar-refractivity contribution in [2.24, 2.45) is 0 Å². The number of esters is 1. The molecule has 1 amide bonds. The molecule has 0 atom stereocenters. The molecule has 2 aromatic heterocycles. The molecule has 1 aliphatic heterocycles. The summed E-state index contributed by atoms with van der Waals surface area (Å²) in [6.07, 6.45) is 8.38. The summed E-state index contributed by atoms with van der Waals surface area (Å²) >= 11 is 6.59. The highest BCUT2D eigenvalue weighted by atomic mass is 35.5. The van der Waals surface area contributed by atoms with Gasteiger partial charge in [0.2, 0.25) is 0 Å². The third-order valence-corrected chi connectivity index (χ3v) is 7.49. The molecule has 6 rings (SSSR count). The molecule has 1 fully saturated rings. The van der Waals surface area contributed by atoms with Crippen molar-refractivity contribution in [1.29, 1.82) is 0 Å². The lowest BCUT2D eigenvalue weighted by molar-refractivity contribution is -0.137. The Morgan fingerprint density at radius 3 is 2.70 bits per heavy atom. The van der Waals surface area contributed by atoms with Crippen molar-refractivity contribution in [3.05, 3.63) is 82.8 Å². The summed E-state index contributed by atoms with van der Waals surface area (Å²) in [6.45, 7) is 5.27. The second kappa shape index (κ2) is 10.7. The van der Waals surface area contributed by atoms with E-state index in [0.717, 1.165) is 28.9 Å². The maximum Gasteiger partial charge on any atom is 0.330 e. The molecule has 4 aromatic rings. The molecule has 204 valence electrons. The number of aromatic nitrogens is 1. The van der Waals surface area contributed by atoms with E-state index in [0.29, 0.717) is 52.6 Å². The molecular formula is C31H28ClN3O5. The zero-order chi connectivity index (χ0) is 27.8. The average molecular weight is 558 g/mol. The molecule has 0 N–H and O–H groups in total. The molecule has 0 bridgehead atoms. The van der Waals surface area contributed by atoms with E-state index in [9.17, 15) is 9.59 Å². The number of para-hydroxylation sites is 2. The second-order valence-electron chi connectivity index (χ2n) is 9.80. The van der Waals surface area contributed by atoms with Crippen molar-refractivity contribution in [2.45, 2.75) is 32.7 Å². The second-order valence-corrected chi connectivity index (χ2v) is 10.2. The van der Waals surface area contributed by atoms with Gasteiger partial charge in [-0.2, -0.15) is 0 Å². The van der Waals surface area contributed by atoms with E-state index in [-0.39, 0.29) is 5.91 Å². The average Bonchev–Trinajstić information content (AvgIpc) is 3.76. The number of anilines is 2. The Hall–Kier alpha value is -4.30. The van der Waals surface area contributed by atoms with Crippen LogP contribution in [0.2, 0.25) is 5.02 Å². The van der Waals surface area contributed by atoms with E-state index in [1.54, 1.807) is 42.3 Å². The number of halogens is 1. The van der Waals surface area contributed by atoms with Crippen molar-refractivity contribution in [2.75, 3.05) is 29.5 Å². The fraction of sp³-hybridized carbons (Fsp3) is 0.258. The molecule has 0 spiro atoms. The molecule has 9 heteroatoms. The van der Waals surface area contributed by atoms with Crippen LogP contribution < -0.4 is 14.5 Å². The number of benzene rings is 2. The van der Waals surface area contributed by atoms with E-state index < -0.39 is 5.97 Å². The number of rotatable bonds is 7. The van der Waals surface area contributed by atoms with Crippen LogP contribution in [0.5, 0.6) is 11.5 Å². The van der Waals surface area contributed by atoms with Crippen molar-refractivity contribution >= 4 is 51.9 Å². The van der Waals surface area contributed by atoms with Crippen LogP contribution in [0.4, 0.5) is 11.4 Å². The fourth-order valence-corrected chi connectivity index (χ4v) is 5.26. The Morgan fingerprint density at radius 2 is 1.93 bits per heavy atom. The van der Waals surface area contributed by atoms with Crippen LogP contribution in [0.1, 0.15) is 41.4 Å². The minimum absolute atomic E-state index is 0.186. The molecule has 3 heterocycles. The molecule has 40 heavy (non-hydrogen) atoms. The Morgan fingerprint density at radius 1 is 1.12 bits per heavy atom. The predicted molar refractivity (Wildman–Crippen MR) is 154 cm³/mol. The van der Waals surface area contributed by atoms with Crippen LogP contribution >= 0.6 is 11.6 Å². The van der Waals surface area contributed by atoms with Crippen LogP contribution in [0.25, 0.3) is 17.0 Å². The third-order valence-electron chi connectivity index (χ3n) is 7.20. The summed E-state index contributed by atoms with van der Waals surface area (Å²) in [5, 5.41) is 1.09. The SMILES string of the molecule is CCOC(=O)C=Cc1oc2cc(Cl)c(Oc3ccncc3C(=O)N3CCN(C4CC4)c4ccccc43)cc2c1C. The number of carbonyl (C=O) groups is 2. The first-order valence-electron chi connectivity index (χ1n) is 13.3. The number of hydrogen-bond acceptors (Lipinski definition) is 7. The molecular weight excluding hydrogens is 530 g/mol. The number of hydrogen-bond donors (Lipinski definition) is 0. The van der Waals surface area contributed by atoms with Crippen LogP contribution in [0.3, 0.4) is 0 Å². The van der Waals surface area contributed by atoms with Crippen LogP contribution in [0, 0.1) is 6.92 Å². The number of aryl methyl sites for hydroxylation is 1. The zero-order valence-corrected chi connectivity index (χ0v) is 23.0. The van der Waals surface area contributed by atoms with Gasteiger partial charge < -0.3 is 23.7 Å². The van der Waals surface area contributed by atoms with Gasteiger partial charge in [-0.1, -0.05) is 23.7 Å². The Bertz CT molecular complexity index is 1640. The quantitative estimate of drug-likeness (QED) is 0.183. The first kappa shape index (κ1) is 26.0. The lowest BCUT2D eigenvalue weighted by Crippen LogP contribution is -2.45. The monoisotopic (exact) mass is 557 g/mol. The number of carbonyl (C=O) groups excluding carboxylic acids is 2. The summed E-state index contributed by atoms with van der Waals surface area (Å²) in [4.78, 5) is 34.0. The summed E-state index contributed by atoms with van der Waals surface area (Å²) in [7, 11) is 0. The minimum atomic E-state index is -0.448. The summed E-state index contributed by atoms with van der Waals surface area (Å²) in [6, 6.07) is 13.7. The van der Waals surface area contributed by atoms with E-state index in [4.69, 9.17) is 25.5 Å². The van der Waals surface area contributed by atoms with Crippen molar-refractivity contribution in [3.63, 3.8) is 0 Å². The van der Waals surface area contributed by atoms with E-state index >= 15 is 0 Å². The number of pyridine rings is 1. The number of furan rings is 1. The van der Waals surface area contributed by atoms with Crippen LogP contribution in [-0.4, -0.2) is 42.6 Å². The highest BCUT2D eigenvalue weighted by molar-refractivity contribution is 6.32. The van der Waals surface area contributed by atoms with Crippen molar-refractivity contribution in [1.82, 2.24) is 4.98 Å². The smallest absolute Gasteiger partial charge is 0.330 e. The lowest BCUT2D eigenvalue weighted by Gasteiger charge is -2.38. The highest BCUT2D eigenvalue weighted by Crippen LogP contribution is 2.42. The third kappa shape index (κ3) is 4.91. The van der Waals surface area contributed by atoms with Gasteiger partial charge in [0.15, 0.2) is 0 Å². The first-order valence-corrected chi connectivity index (χ1v) is 13.7. The largest absolute Gasteiger partial charge is 0.463 e. The van der Waals surface area contributed by atoms with E-state index in [1.165, 1.54) is 25.1 Å². The lowest BCUT2D eigenvalue weighted by atomic mass is 10.1. The maximum absolute atomic E-state index is 13.9. The van der Waals surface area contributed by atoms with Crippen LogP contribution in [-0.2, 0) is 9.53 Å². The molecule has 1 saturated carbocycles. The van der Waals surface area contributed by atoms with Gasteiger partial charge in [0.05, 0.1) is 23.0 Å². The first-order chi connectivity index (χ1) is 19.4. The van der Waals surface area contributed by atoms with Gasteiger partial charge in [0.25, 0.3) is 5.91 Å². The fourth-order valence-electron chi connectivity index (χ4n) is 5.07. The molecule has 2 aromatic carbocycles. The van der Waals surface area contributed by atoms with Gasteiger partial charge in [-0.05, 0) is 57.0 Å². The number of ether oxygens (including phenoxy) is 2. The van der Waals surface area contributed by atoms with Gasteiger partial charge in [0, 0.05) is 54.6 Å². The summed E-state index contributed by atoms with van der Waals surface area (Å²) in [5.74, 6) is 0.607. The van der Waals surface area contributed by atoms with Gasteiger partial charge in [0.1, 0.15) is 28.4 Å². The standard InChI is InChI=1S/C31H28ClN3O5/c1-3-38-30(36)11-10-26-19(2)21-16-29(23(32)17-28(21)39-26)40-27-12-13-33-18-22(27)31(37)35-15-14-34(20-8-9-20)24-6-4-5-7-25(24)35/h4-7,10-13,16-18,20H,3,8-9,14-15H2,1-2H3. The molecule has 1 aliphatic carbocycles. The van der Waals surface area contributed by atoms with Gasteiger partial charge in [-0.3, -0.25) is 9.78 Å².